The quantitative estimate of drug-likeness (QED) is 0.564. The highest BCUT2D eigenvalue weighted by atomic mass is 16.1. The minimum absolute atomic E-state index is 0.146. The number of pyridine rings is 1. The Hall–Kier alpha value is -3.53. The summed E-state index contributed by atoms with van der Waals surface area (Å²) in [5.41, 5.74) is 3.80. The van der Waals surface area contributed by atoms with E-state index in [1.165, 1.54) is 4.68 Å². The van der Waals surface area contributed by atoms with Crippen molar-refractivity contribution in [2.75, 3.05) is 0 Å². The van der Waals surface area contributed by atoms with Crippen molar-refractivity contribution < 1.29 is 0 Å². The van der Waals surface area contributed by atoms with Crippen LogP contribution >= 0.6 is 0 Å². The van der Waals surface area contributed by atoms with Crippen molar-refractivity contribution in [1.29, 1.82) is 0 Å². The average Bonchev–Trinajstić information content (AvgIpc) is 2.71. The zero-order valence-corrected chi connectivity index (χ0v) is 14.1. The van der Waals surface area contributed by atoms with E-state index in [-0.39, 0.29) is 5.56 Å². The molecule has 0 unspecified atom stereocenters. The van der Waals surface area contributed by atoms with Gasteiger partial charge >= 0.3 is 0 Å². The molecule has 0 aliphatic heterocycles. The molecule has 0 radical (unpaired) electrons. The molecule has 0 saturated carbocycles. The third-order valence-electron chi connectivity index (χ3n) is 4.16. The first-order chi connectivity index (χ1) is 12.8. The molecule has 0 aliphatic rings. The summed E-state index contributed by atoms with van der Waals surface area (Å²) >= 11 is 0. The summed E-state index contributed by atoms with van der Waals surface area (Å²) in [6.07, 6.45) is 1.69. The third kappa shape index (κ3) is 3.30. The van der Waals surface area contributed by atoms with Crippen LogP contribution in [0, 0.1) is 0 Å². The van der Waals surface area contributed by atoms with Gasteiger partial charge in [-0.05, 0) is 23.8 Å². The van der Waals surface area contributed by atoms with Crippen LogP contribution in [0.15, 0.2) is 95.9 Å². The maximum Gasteiger partial charge on any atom is 0.276 e. The predicted octanol–water partition coefficient (Wildman–Crippen LogP) is 4.02. The molecule has 2 heterocycles. The Kier molecular flexibility index (Phi) is 4.39. The van der Waals surface area contributed by atoms with Gasteiger partial charge in [-0.1, -0.05) is 66.7 Å². The number of nitrogens with zero attached hydrogens (tertiary/aromatic N) is 3. The van der Waals surface area contributed by atoms with Crippen molar-refractivity contribution in [2.24, 2.45) is 0 Å². The van der Waals surface area contributed by atoms with Crippen LogP contribution in [-0.2, 0) is 6.54 Å². The summed E-state index contributed by atoms with van der Waals surface area (Å²) in [6.45, 7) is 0.417. The van der Waals surface area contributed by atoms with E-state index in [9.17, 15) is 4.79 Å². The molecule has 0 amide bonds. The molecule has 126 valence electrons. The van der Waals surface area contributed by atoms with E-state index >= 15 is 0 Å². The van der Waals surface area contributed by atoms with Gasteiger partial charge in [-0.2, -0.15) is 5.10 Å². The minimum atomic E-state index is -0.146. The Morgan fingerprint density at radius 3 is 2.15 bits per heavy atom. The molecular formula is C22H17N3O. The van der Waals surface area contributed by atoms with Gasteiger partial charge in [0.2, 0.25) is 0 Å². The van der Waals surface area contributed by atoms with E-state index in [1.54, 1.807) is 6.20 Å². The van der Waals surface area contributed by atoms with Crippen molar-refractivity contribution in [3.05, 3.63) is 107 Å². The van der Waals surface area contributed by atoms with E-state index in [1.807, 2.05) is 84.9 Å². The maximum atomic E-state index is 13.0. The molecule has 0 spiro atoms. The zero-order valence-electron chi connectivity index (χ0n) is 14.1. The monoisotopic (exact) mass is 339 g/mol. The van der Waals surface area contributed by atoms with E-state index < -0.39 is 0 Å². The molecular weight excluding hydrogens is 322 g/mol. The predicted molar refractivity (Wildman–Crippen MR) is 103 cm³/mol. The zero-order chi connectivity index (χ0) is 17.8. The largest absolute Gasteiger partial charge is 0.276 e. The third-order valence-corrected chi connectivity index (χ3v) is 4.16. The molecule has 4 nitrogen and oxygen atoms in total. The van der Waals surface area contributed by atoms with Gasteiger partial charge in [0.05, 0.1) is 23.5 Å². The van der Waals surface area contributed by atoms with Crippen molar-refractivity contribution in [1.82, 2.24) is 14.8 Å². The molecule has 0 bridgehead atoms. The lowest BCUT2D eigenvalue weighted by Gasteiger charge is -2.11. The molecule has 4 rings (SSSR count). The highest BCUT2D eigenvalue weighted by Gasteiger charge is 2.13. The molecule has 0 atom stereocenters. The van der Waals surface area contributed by atoms with Crippen LogP contribution in [-0.4, -0.2) is 14.8 Å². The molecule has 0 aliphatic carbocycles. The molecule has 4 heteroatoms. The summed E-state index contributed by atoms with van der Waals surface area (Å²) in [6, 6.07) is 27.1. The van der Waals surface area contributed by atoms with Crippen LogP contribution in [0.2, 0.25) is 0 Å². The highest BCUT2D eigenvalue weighted by Crippen LogP contribution is 2.20. The van der Waals surface area contributed by atoms with Crippen LogP contribution in [0.3, 0.4) is 0 Å². The fraction of sp³-hybridized carbons (Fsp3) is 0.0455. The number of rotatable bonds is 4. The normalized spacial score (nSPS) is 10.6. The number of hydrogen-bond donors (Lipinski definition) is 0. The lowest BCUT2D eigenvalue weighted by molar-refractivity contribution is 0.644. The Labute approximate surface area is 151 Å². The second kappa shape index (κ2) is 7.15. The van der Waals surface area contributed by atoms with E-state index in [0.29, 0.717) is 17.8 Å². The lowest BCUT2D eigenvalue weighted by Crippen LogP contribution is -2.25. The Morgan fingerprint density at radius 1 is 0.769 bits per heavy atom. The first kappa shape index (κ1) is 16.0. The van der Waals surface area contributed by atoms with Crippen LogP contribution in [0.1, 0.15) is 5.56 Å². The standard InChI is InChI=1S/C22H17N3O/c26-22-19(20-13-7-8-14-23-20)15-21(18-11-5-2-6-12-18)24-25(22)16-17-9-3-1-4-10-17/h1-15H,16H2. The smallest absolute Gasteiger partial charge is 0.267 e. The van der Waals surface area contributed by atoms with Crippen molar-refractivity contribution in [3.63, 3.8) is 0 Å². The van der Waals surface area contributed by atoms with E-state index in [4.69, 9.17) is 0 Å². The summed E-state index contributed by atoms with van der Waals surface area (Å²) in [7, 11) is 0. The van der Waals surface area contributed by atoms with E-state index in [2.05, 4.69) is 10.1 Å². The van der Waals surface area contributed by atoms with Crippen molar-refractivity contribution >= 4 is 0 Å². The Bertz CT molecular complexity index is 1060. The topological polar surface area (TPSA) is 47.8 Å². The maximum absolute atomic E-state index is 13.0. The van der Waals surface area contributed by atoms with Gasteiger partial charge in [-0.25, -0.2) is 4.68 Å². The fourth-order valence-electron chi connectivity index (χ4n) is 2.86. The summed E-state index contributed by atoms with van der Waals surface area (Å²) in [5, 5.41) is 4.60. The van der Waals surface area contributed by atoms with Gasteiger partial charge in [-0.3, -0.25) is 9.78 Å². The molecule has 0 saturated heterocycles. The molecule has 4 aromatic rings. The van der Waals surface area contributed by atoms with E-state index in [0.717, 1.165) is 16.8 Å². The van der Waals surface area contributed by atoms with Crippen LogP contribution in [0.4, 0.5) is 0 Å². The summed E-state index contributed by atoms with van der Waals surface area (Å²) in [5.74, 6) is 0. The number of hydrogen-bond acceptors (Lipinski definition) is 3. The minimum Gasteiger partial charge on any atom is -0.267 e. The molecule has 0 N–H and O–H groups in total. The van der Waals surface area contributed by atoms with Gasteiger partial charge in [0.15, 0.2) is 0 Å². The van der Waals surface area contributed by atoms with Gasteiger partial charge in [0, 0.05) is 11.8 Å². The van der Waals surface area contributed by atoms with Crippen molar-refractivity contribution in [3.8, 4) is 22.5 Å². The summed E-state index contributed by atoms with van der Waals surface area (Å²) < 4.78 is 1.52. The second-order valence-electron chi connectivity index (χ2n) is 5.97. The Balaban J connectivity index is 1.89. The first-order valence-electron chi connectivity index (χ1n) is 8.44. The highest BCUT2D eigenvalue weighted by molar-refractivity contribution is 5.67. The van der Waals surface area contributed by atoms with Gasteiger partial charge < -0.3 is 0 Å². The van der Waals surface area contributed by atoms with Crippen LogP contribution in [0.25, 0.3) is 22.5 Å². The fourth-order valence-corrected chi connectivity index (χ4v) is 2.86. The molecule has 2 aromatic heterocycles. The average molecular weight is 339 g/mol. The number of benzene rings is 2. The molecule has 2 aromatic carbocycles. The van der Waals surface area contributed by atoms with Gasteiger partial charge in [0.25, 0.3) is 5.56 Å². The SMILES string of the molecule is O=c1c(-c2ccccn2)cc(-c2ccccc2)nn1Cc1ccccc1. The molecule has 0 fully saturated rings. The molecule has 26 heavy (non-hydrogen) atoms. The van der Waals surface area contributed by atoms with Gasteiger partial charge in [-0.15, -0.1) is 0 Å². The van der Waals surface area contributed by atoms with Crippen LogP contribution < -0.4 is 5.56 Å². The first-order valence-corrected chi connectivity index (χ1v) is 8.44. The van der Waals surface area contributed by atoms with Crippen LogP contribution in [0.5, 0.6) is 0 Å². The van der Waals surface area contributed by atoms with Gasteiger partial charge in [0.1, 0.15) is 0 Å². The summed E-state index contributed by atoms with van der Waals surface area (Å²) in [4.78, 5) is 17.4. The number of aromatic nitrogens is 3. The van der Waals surface area contributed by atoms with Crippen molar-refractivity contribution in [2.45, 2.75) is 6.54 Å². The lowest BCUT2D eigenvalue weighted by atomic mass is 10.1. The second-order valence-corrected chi connectivity index (χ2v) is 5.97. The Morgan fingerprint density at radius 2 is 1.46 bits per heavy atom.